The van der Waals surface area contributed by atoms with Crippen LogP contribution in [-0.4, -0.2) is 10.9 Å². The van der Waals surface area contributed by atoms with E-state index in [0.29, 0.717) is 10.9 Å². The minimum Gasteiger partial charge on any atom is -0.872 e. The molecule has 0 spiro atoms. The van der Waals surface area contributed by atoms with Gasteiger partial charge in [-0.25, -0.2) is 4.79 Å². The fourth-order valence-electron chi connectivity index (χ4n) is 2.82. The van der Waals surface area contributed by atoms with Gasteiger partial charge in [-0.2, -0.15) is 0 Å². The van der Waals surface area contributed by atoms with Gasteiger partial charge < -0.3 is 14.6 Å². The maximum atomic E-state index is 12.8. The molecule has 122 valence electrons. The maximum absolute atomic E-state index is 12.8. The number of rotatable bonds is 4. The number of phenolic OH excluding ortho intramolecular Hbond substituents is 1. The molecule has 5 nitrogen and oxygen atoms in total. The van der Waals surface area contributed by atoms with Gasteiger partial charge in [0.2, 0.25) is 0 Å². The van der Waals surface area contributed by atoms with Crippen LogP contribution in [0.3, 0.4) is 0 Å². The Kier molecular flexibility index (Phi) is 6.06. The van der Waals surface area contributed by atoms with Crippen LogP contribution in [0.1, 0.15) is 30.4 Å². The van der Waals surface area contributed by atoms with Gasteiger partial charge in [-0.1, -0.05) is 36.1 Å². The number of ketones is 1. The summed E-state index contributed by atoms with van der Waals surface area (Å²) in [6.45, 7) is 1.40. The van der Waals surface area contributed by atoms with Crippen molar-refractivity contribution >= 4 is 16.8 Å². The monoisotopic (exact) mass is 346 g/mol. The molecular weight excluding hydrogens is 331 g/mol. The second-order valence-corrected chi connectivity index (χ2v) is 5.68. The van der Waals surface area contributed by atoms with Crippen molar-refractivity contribution in [3.63, 3.8) is 0 Å². The molecule has 0 amide bonds. The van der Waals surface area contributed by atoms with Crippen LogP contribution in [0.2, 0.25) is 0 Å². The van der Waals surface area contributed by atoms with E-state index in [9.17, 15) is 19.8 Å². The first kappa shape index (κ1) is 19.2. The molecule has 0 aliphatic rings. The fourth-order valence-corrected chi connectivity index (χ4v) is 2.82. The standard InChI is InChI=1S/C19H16O5.Na/c1-11(20)10-15(12-6-8-13(21)9-7-12)17-18(22)14-4-2-3-5-16(14)24-19(17)23;/h2-9,15,21-22H,10H2,1H3;/q;+1/p-1. The van der Waals surface area contributed by atoms with E-state index >= 15 is 0 Å². The third-order valence-electron chi connectivity index (χ3n) is 3.93. The molecule has 1 heterocycles. The van der Waals surface area contributed by atoms with Gasteiger partial charge in [0.05, 0.1) is 0 Å². The summed E-state index contributed by atoms with van der Waals surface area (Å²) in [5, 5.41) is 22.5. The average Bonchev–Trinajstić information content (AvgIpc) is 2.54. The van der Waals surface area contributed by atoms with Gasteiger partial charge in [0.15, 0.2) is 0 Å². The molecule has 0 aliphatic heterocycles. The van der Waals surface area contributed by atoms with Crippen molar-refractivity contribution < 1.29 is 49.0 Å². The topological polar surface area (TPSA) is 90.6 Å². The van der Waals surface area contributed by atoms with Crippen LogP contribution < -0.4 is 40.3 Å². The molecule has 1 atom stereocenters. The number of hydrogen-bond acceptors (Lipinski definition) is 5. The quantitative estimate of drug-likeness (QED) is 0.517. The van der Waals surface area contributed by atoms with Gasteiger partial charge in [-0.05, 0) is 30.7 Å². The number of phenols is 1. The molecule has 1 N–H and O–H groups in total. The third kappa shape index (κ3) is 3.95. The van der Waals surface area contributed by atoms with Crippen molar-refractivity contribution in [1.29, 1.82) is 0 Å². The zero-order valence-corrected chi connectivity index (χ0v) is 16.0. The van der Waals surface area contributed by atoms with E-state index < -0.39 is 17.3 Å². The number of para-hydroxylation sites is 1. The molecule has 2 aromatic carbocycles. The van der Waals surface area contributed by atoms with Gasteiger partial charge in [0.25, 0.3) is 0 Å². The molecule has 0 fully saturated rings. The van der Waals surface area contributed by atoms with Crippen LogP contribution in [-0.2, 0) is 4.79 Å². The van der Waals surface area contributed by atoms with E-state index in [2.05, 4.69) is 0 Å². The van der Waals surface area contributed by atoms with E-state index in [-0.39, 0.29) is 58.7 Å². The average molecular weight is 346 g/mol. The van der Waals surface area contributed by atoms with Crippen molar-refractivity contribution in [2.45, 2.75) is 19.3 Å². The summed E-state index contributed by atoms with van der Waals surface area (Å²) < 4.78 is 5.27. The molecule has 3 rings (SSSR count). The molecule has 0 radical (unpaired) electrons. The van der Waals surface area contributed by atoms with Crippen molar-refractivity contribution in [2.75, 3.05) is 0 Å². The van der Waals surface area contributed by atoms with E-state index in [0.717, 1.165) is 0 Å². The summed E-state index contributed by atoms with van der Waals surface area (Å²) in [7, 11) is 0. The Hall–Kier alpha value is -2.08. The first-order valence-electron chi connectivity index (χ1n) is 7.48. The molecule has 6 heteroatoms. The summed E-state index contributed by atoms with van der Waals surface area (Å²) in [5.41, 5.74) is 0.0267. The molecule has 25 heavy (non-hydrogen) atoms. The van der Waals surface area contributed by atoms with Crippen LogP contribution in [0.4, 0.5) is 0 Å². The number of benzene rings is 2. The molecule has 0 saturated heterocycles. The normalized spacial score (nSPS) is 11.7. The Morgan fingerprint density at radius 1 is 1.16 bits per heavy atom. The van der Waals surface area contributed by atoms with Crippen LogP contribution in [0.15, 0.2) is 57.7 Å². The smallest absolute Gasteiger partial charge is 0.872 e. The predicted octanol–water partition coefficient (Wildman–Crippen LogP) is -0.313. The molecule has 1 unspecified atom stereocenters. The van der Waals surface area contributed by atoms with E-state index in [1.54, 1.807) is 36.4 Å². The summed E-state index contributed by atoms with van der Waals surface area (Å²) in [5.74, 6) is -1.23. The van der Waals surface area contributed by atoms with Crippen molar-refractivity contribution in [3.8, 4) is 11.5 Å². The number of carbonyl (C=O) groups excluding carboxylic acids is 1. The van der Waals surface area contributed by atoms with Crippen molar-refractivity contribution in [2.24, 2.45) is 0 Å². The van der Waals surface area contributed by atoms with Crippen LogP contribution in [0.5, 0.6) is 11.5 Å². The Morgan fingerprint density at radius 3 is 2.44 bits per heavy atom. The van der Waals surface area contributed by atoms with Crippen LogP contribution in [0.25, 0.3) is 11.0 Å². The van der Waals surface area contributed by atoms with Gasteiger partial charge in [0, 0.05) is 23.3 Å². The van der Waals surface area contributed by atoms with Crippen LogP contribution >= 0.6 is 0 Å². The molecule has 3 aromatic rings. The van der Waals surface area contributed by atoms with E-state index in [4.69, 9.17) is 4.42 Å². The number of Topliss-reactive ketones (excluding diaryl/α,β-unsaturated/α-hetero) is 1. The fraction of sp³-hybridized carbons (Fsp3) is 0.158. The van der Waals surface area contributed by atoms with Crippen molar-refractivity contribution in [1.82, 2.24) is 0 Å². The molecular formula is C19H15NaO5. The number of aromatic hydroxyl groups is 1. The minimum atomic E-state index is -0.738. The number of carbonyl (C=O) groups is 1. The van der Waals surface area contributed by atoms with E-state index in [1.807, 2.05) is 0 Å². The van der Waals surface area contributed by atoms with Crippen molar-refractivity contribution in [3.05, 3.63) is 70.1 Å². The summed E-state index contributed by atoms with van der Waals surface area (Å²) in [6.07, 6.45) is 0.00309. The first-order valence-corrected chi connectivity index (χ1v) is 7.48. The Labute approximate surface area is 166 Å². The molecule has 0 saturated carbocycles. The summed E-state index contributed by atoms with van der Waals surface area (Å²) in [6, 6.07) is 12.6. The van der Waals surface area contributed by atoms with E-state index in [1.165, 1.54) is 19.1 Å². The second kappa shape index (κ2) is 7.87. The van der Waals surface area contributed by atoms with Gasteiger partial charge in [-0.3, -0.25) is 4.79 Å². The van der Waals surface area contributed by atoms with Crippen LogP contribution in [0, 0.1) is 0 Å². The Balaban J connectivity index is 0.00000225. The molecule has 0 bridgehead atoms. The zero-order valence-electron chi connectivity index (χ0n) is 14.0. The molecule has 1 aromatic heterocycles. The zero-order chi connectivity index (χ0) is 17.3. The van der Waals surface area contributed by atoms with Gasteiger partial charge in [-0.15, -0.1) is 0 Å². The number of fused-ring (bicyclic) bond motifs is 1. The van der Waals surface area contributed by atoms with Gasteiger partial charge >= 0.3 is 35.2 Å². The predicted molar refractivity (Wildman–Crippen MR) is 87.2 cm³/mol. The summed E-state index contributed by atoms with van der Waals surface area (Å²) >= 11 is 0. The Bertz CT molecular complexity index is 960. The first-order chi connectivity index (χ1) is 11.5. The minimum absolute atomic E-state index is 0. The Morgan fingerprint density at radius 2 is 1.80 bits per heavy atom. The second-order valence-electron chi connectivity index (χ2n) is 5.68. The largest absolute Gasteiger partial charge is 1.00 e. The number of hydrogen-bond donors (Lipinski definition) is 1. The summed E-state index contributed by atoms with van der Waals surface area (Å²) in [4.78, 5) is 24.1. The third-order valence-corrected chi connectivity index (χ3v) is 3.93. The molecule has 0 aliphatic carbocycles. The van der Waals surface area contributed by atoms with Gasteiger partial charge in [0.1, 0.15) is 17.1 Å². The maximum Gasteiger partial charge on any atom is 1.00 e. The SMILES string of the molecule is CC(=O)CC(c1ccc(O)cc1)c1c([O-])c2ccccc2oc1=O.[Na+].